The summed E-state index contributed by atoms with van der Waals surface area (Å²) in [7, 11) is 0. The van der Waals surface area contributed by atoms with Gasteiger partial charge in [-0.25, -0.2) is 4.79 Å². The van der Waals surface area contributed by atoms with Crippen molar-refractivity contribution >= 4 is 11.9 Å². The zero-order valence-electron chi connectivity index (χ0n) is 18.3. The molecule has 2 N–H and O–H groups in total. The van der Waals surface area contributed by atoms with Crippen LogP contribution in [0.25, 0.3) is 0 Å². The summed E-state index contributed by atoms with van der Waals surface area (Å²) < 4.78 is 0. The molecular formula is C22H40N4O3. The molecule has 0 aromatic carbocycles. The summed E-state index contributed by atoms with van der Waals surface area (Å²) in [6, 6.07) is 0.582. The van der Waals surface area contributed by atoms with E-state index < -0.39 is 0 Å². The zero-order chi connectivity index (χ0) is 20.8. The maximum atomic E-state index is 12.9. The van der Waals surface area contributed by atoms with Crippen LogP contribution in [-0.2, 0) is 4.79 Å². The van der Waals surface area contributed by atoms with Gasteiger partial charge in [0.15, 0.2) is 0 Å². The fourth-order valence-corrected chi connectivity index (χ4v) is 5.27. The third kappa shape index (κ3) is 5.63. The Labute approximate surface area is 175 Å². The van der Waals surface area contributed by atoms with Gasteiger partial charge < -0.3 is 20.2 Å². The molecule has 3 unspecified atom stereocenters. The second-order valence-electron chi connectivity index (χ2n) is 8.98. The predicted octanol–water partition coefficient (Wildman–Crippen LogP) is 2.04. The van der Waals surface area contributed by atoms with Crippen molar-refractivity contribution in [3.05, 3.63) is 0 Å². The van der Waals surface area contributed by atoms with E-state index in [4.69, 9.17) is 0 Å². The second kappa shape index (κ2) is 10.6. The van der Waals surface area contributed by atoms with Crippen molar-refractivity contribution in [2.24, 2.45) is 5.92 Å². The number of rotatable bonds is 5. The van der Waals surface area contributed by atoms with Gasteiger partial charge in [0.1, 0.15) is 0 Å². The van der Waals surface area contributed by atoms with Crippen LogP contribution in [0, 0.1) is 5.92 Å². The number of aliphatic hydroxyl groups excluding tert-OH is 1. The summed E-state index contributed by atoms with van der Waals surface area (Å²) in [5.74, 6) is 0.0136. The van der Waals surface area contributed by atoms with Crippen LogP contribution in [0.15, 0.2) is 0 Å². The van der Waals surface area contributed by atoms with Crippen LogP contribution in [0.3, 0.4) is 0 Å². The highest BCUT2D eigenvalue weighted by molar-refractivity contribution is 5.81. The van der Waals surface area contributed by atoms with Gasteiger partial charge in [-0.2, -0.15) is 0 Å². The molecule has 1 saturated carbocycles. The molecular weight excluding hydrogens is 368 g/mol. The van der Waals surface area contributed by atoms with Gasteiger partial charge in [0, 0.05) is 51.4 Å². The van der Waals surface area contributed by atoms with Crippen molar-refractivity contribution in [3.63, 3.8) is 0 Å². The summed E-state index contributed by atoms with van der Waals surface area (Å²) in [5.41, 5.74) is 0. The number of carbonyl (C=O) groups excluding carboxylic acids is 2. The van der Waals surface area contributed by atoms with Crippen LogP contribution >= 0.6 is 0 Å². The number of nitrogens with one attached hydrogen (secondary N) is 1. The smallest absolute Gasteiger partial charge is 0.320 e. The standard InChI is InChI=1S/C22H40N4O3/c1-3-24(4-2)22(29)26-13-7-8-17(16-26)21(28)23-18-11-14-25(15-12-18)19-9-5-6-10-20(19)27/h17-20,27H,3-16H2,1-2H3,(H,23,28). The van der Waals surface area contributed by atoms with Crippen LogP contribution in [0.2, 0.25) is 0 Å². The Morgan fingerprint density at radius 2 is 1.66 bits per heavy atom. The summed E-state index contributed by atoms with van der Waals surface area (Å²) in [4.78, 5) is 31.6. The van der Waals surface area contributed by atoms with Crippen LogP contribution in [0.5, 0.6) is 0 Å². The minimum Gasteiger partial charge on any atom is -0.391 e. The van der Waals surface area contributed by atoms with Crippen molar-refractivity contribution in [3.8, 4) is 0 Å². The van der Waals surface area contributed by atoms with E-state index in [2.05, 4.69) is 10.2 Å². The molecule has 3 fully saturated rings. The quantitative estimate of drug-likeness (QED) is 0.730. The van der Waals surface area contributed by atoms with Crippen LogP contribution in [-0.4, -0.2) is 89.2 Å². The Balaban J connectivity index is 1.45. The molecule has 3 aliphatic rings. The lowest BCUT2D eigenvalue weighted by atomic mass is 9.89. The maximum Gasteiger partial charge on any atom is 0.320 e. The molecule has 2 heterocycles. The maximum absolute atomic E-state index is 12.9. The molecule has 2 aliphatic heterocycles. The number of hydrogen-bond donors (Lipinski definition) is 2. The molecule has 0 radical (unpaired) electrons. The fraction of sp³-hybridized carbons (Fsp3) is 0.909. The first-order chi connectivity index (χ1) is 14.0. The van der Waals surface area contributed by atoms with Crippen molar-refractivity contribution in [1.29, 1.82) is 0 Å². The average Bonchev–Trinajstić information content (AvgIpc) is 2.75. The molecule has 3 atom stereocenters. The van der Waals surface area contributed by atoms with Gasteiger partial charge in [0.2, 0.25) is 5.91 Å². The Morgan fingerprint density at radius 3 is 2.31 bits per heavy atom. The third-order valence-electron chi connectivity index (χ3n) is 7.14. The summed E-state index contributed by atoms with van der Waals surface area (Å²) >= 11 is 0. The van der Waals surface area contributed by atoms with Crippen molar-refractivity contribution in [2.75, 3.05) is 39.3 Å². The van der Waals surface area contributed by atoms with Gasteiger partial charge in [0.05, 0.1) is 12.0 Å². The van der Waals surface area contributed by atoms with Crippen molar-refractivity contribution in [1.82, 2.24) is 20.0 Å². The number of likely N-dealkylation sites (tertiary alicyclic amines) is 2. The first-order valence-corrected chi connectivity index (χ1v) is 11.8. The lowest BCUT2D eigenvalue weighted by Crippen LogP contribution is -2.54. The monoisotopic (exact) mass is 408 g/mol. The number of piperidine rings is 2. The van der Waals surface area contributed by atoms with Crippen molar-refractivity contribution in [2.45, 2.75) is 83.4 Å². The van der Waals surface area contributed by atoms with Gasteiger partial charge in [-0.1, -0.05) is 12.8 Å². The van der Waals surface area contributed by atoms with E-state index in [0.717, 1.165) is 64.6 Å². The van der Waals surface area contributed by atoms with Gasteiger partial charge in [-0.3, -0.25) is 9.69 Å². The molecule has 29 heavy (non-hydrogen) atoms. The van der Waals surface area contributed by atoms with E-state index >= 15 is 0 Å². The topological polar surface area (TPSA) is 76.1 Å². The summed E-state index contributed by atoms with van der Waals surface area (Å²) in [6.07, 6.45) is 7.83. The van der Waals surface area contributed by atoms with E-state index in [1.165, 1.54) is 6.42 Å². The largest absolute Gasteiger partial charge is 0.391 e. The highest BCUT2D eigenvalue weighted by Gasteiger charge is 2.34. The molecule has 3 rings (SSSR count). The lowest BCUT2D eigenvalue weighted by molar-refractivity contribution is -0.127. The van der Waals surface area contributed by atoms with Gasteiger partial charge in [0.25, 0.3) is 0 Å². The minimum absolute atomic E-state index is 0.0619. The number of nitrogens with zero attached hydrogens (tertiary/aromatic N) is 3. The number of carbonyl (C=O) groups is 2. The first-order valence-electron chi connectivity index (χ1n) is 11.8. The molecule has 166 valence electrons. The SMILES string of the molecule is CCN(CC)C(=O)N1CCCC(C(=O)NC2CCN(C3CCCCC3O)CC2)C1. The van der Waals surface area contributed by atoms with E-state index in [0.29, 0.717) is 25.7 Å². The Kier molecular flexibility index (Phi) is 8.18. The van der Waals surface area contributed by atoms with Gasteiger partial charge in [-0.05, 0) is 52.4 Å². The molecule has 0 aromatic rings. The molecule has 7 nitrogen and oxygen atoms in total. The van der Waals surface area contributed by atoms with E-state index in [9.17, 15) is 14.7 Å². The molecule has 0 aromatic heterocycles. The van der Waals surface area contributed by atoms with E-state index in [1.54, 1.807) is 0 Å². The highest BCUT2D eigenvalue weighted by Crippen LogP contribution is 2.26. The van der Waals surface area contributed by atoms with Gasteiger partial charge in [-0.15, -0.1) is 0 Å². The van der Waals surface area contributed by atoms with Crippen LogP contribution < -0.4 is 5.32 Å². The lowest BCUT2D eigenvalue weighted by Gasteiger charge is -2.42. The molecule has 3 amide bonds. The van der Waals surface area contributed by atoms with Crippen LogP contribution in [0.4, 0.5) is 4.79 Å². The van der Waals surface area contributed by atoms with Gasteiger partial charge >= 0.3 is 6.03 Å². The summed E-state index contributed by atoms with van der Waals surface area (Å²) in [6.45, 7) is 8.58. The molecule has 0 spiro atoms. The molecule has 2 saturated heterocycles. The third-order valence-corrected chi connectivity index (χ3v) is 7.14. The first kappa shape index (κ1) is 22.3. The summed E-state index contributed by atoms with van der Waals surface area (Å²) in [5, 5.41) is 13.6. The number of aliphatic hydroxyl groups is 1. The fourth-order valence-electron chi connectivity index (χ4n) is 5.27. The number of amides is 3. The second-order valence-corrected chi connectivity index (χ2v) is 8.98. The molecule has 1 aliphatic carbocycles. The predicted molar refractivity (Wildman–Crippen MR) is 114 cm³/mol. The van der Waals surface area contributed by atoms with Crippen LogP contribution in [0.1, 0.15) is 65.2 Å². The van der Waals surface area contributed by atoms with E-state index in [-0.39, 0.29) is 30.0 Å². The normalized spacial score (nSPS) is 29.5. The number of hydrogen-bond acceptors (Lipinski definition) is 4. The minimum atomic E-state index is -0.188. The Bertz CT molecular complexity index is 546. The molecule has 0 bridgehead atoms. The Morgan fingerprint density at radius 1 is 0.966 bits per heavy atom. The molecule has 7 heteroatoms. The highest BCUT2D eigenvalue weighted by atomic mass is 16.3. The number of urea groups is 1. The zero-order valence-corrected chi connectivity index (χ0v) is 18.3. The Hall–Kier alpha value is -1.34. The van der Waals surface area contributed by atoms with E-state index in [1.807, 2.05) is 23.6 Å². The average molecular weight is 409 g/mol. The van der Waals surface area contributed by atoms with Crippen molar-refractivity contribution < 1.29 is 14.7 Å².